The van der Waals surface area contributed by atoms with E-state index < -0.39 is 6.10 Å². The predicted molar refractivity (Wildman–Crippen MR) is 122 cm³/mol. The van der Waals surface area contributed by atoms with Crippen molar-refractivity contribution in [2.45, 2.75) is 18.6 Å². The van der Waals surface area contributed by atoms with Crippen molar-refractivity contribution in [2.24, 2.45) is 7.05 Å². The first-order valence-electron chi connectivity index (χ1n) is 10.7. The highest BCUT2D eigenvalue weighted by Crippen LogP contribution is 2.25. The topological polar surface area (TPSA) is 64.9 Å². The van der Waals surface area contributed by atoms with Crippen molar-refractivity contribution in [3.63, 3.8) is 0 Å². The number of aliphatic hydroxyl groups is 1. The zero-order valence-corrected chi connectivity index (χ0v) is 18.1. The fraction of sp³-hybridized carbons (Fsp3) is 0.360. The maximum Gasteiger partial charge on any atom is 0.161 e. The van der Waals surface area contributed by atoms with Gasteiger partial charge in [-0.05, 0) is 36.3 Å². The third-order valence-electron chi connectivity index (χ3n) is 5.62. The second kappa shape index (κ2) is 10.0. The number of aromatic nitrogens is 1. The zero-order valence-electron chi connectivity index (χ0n) is 18.1. The van der Waals surface area contributed by atoms with Gasteiger partial charge in [-0.1, -0.05) is 36.4 Å². The Bertz CT molecular complexity index is 1080. The van der Waals surface area contributed by atoms with Crippen LogP contribution in [0, 0.1) is 0 Å². The van der Waals surface area contributed by atoms with Gasteiger partial charge in [-0.15, -0.1) is 0 Å². The van der Waals surface area contributed by atoms with Crippen LogP contribution in [0.15, 0.2) is 48.6 Å². The number of methoxy groups -OCH3 is 1. The molecule has 2 aliphatic carbocycles. The molecule has 2 atom stereocenters. The van der Waals surface area contributed by atoms with E-state index in [1.807, 2.05) is 30.3 Å². The van der Waals surface area contributed by atoms with E-state index in [0.717, 1.165) is 6.42 Å². The maximum absolute atomic E-state index is 10.4. The highest BCUT2D eigenvalue weighted by molar-refractivity contribution is 5.53. The molecule has 0 aliphatic heterocycles. The van der Waals surface area contributed by atoms with Gasteiger partial charge in [0.2, 0.25) is 0 Å². The number of nitrogens with zero attached hydrogens (tertiary/aromatic N) is 1. The van der Waals surface area contributed by atoms with Gasteiger partial charge in [-0.3, -0.25) is 0 Å². The lowest BCUT2D eigenvalue weighted by Crippen LogP contribution is -2.33. The maximum atomic E-state index is 10.4. The quantitative estimate of drug-likeness (QED) is 0.566. The van der Waals surface area contributed by atoms with Crippen LogP contribution in [0.25, 0.3) is 12.2 Å². The lowest BCUT2D eigenvalue weighted by atomic mass is 9.98. The smallest absolute Gasteiger partial charge is 0.161 e. The summed E-state index contributed by atoms with van der Waals surface area (Å²) in [6, 6.07) is 7.56. The van der Waals surface area contributed by atoms with Crippen LogP contribution in [-0.4, -0.2) is 49.2 Å². The summed E-state index contributed by atoms with van der Waals surface area (Å²) in [5.41, 5.74) is 2.53. The SMILES string of the molecule is COc1ccccc1OCCNCC(O)COC1C=CC=c2c1c1c(n2C)=CC=CC1. The van der Waals surface area contributed by atoms with E-state index in [2.05, 4.69) is 47.3 Å². The Kier molecular flexibility index (Phi) is 6.92. The number of hydrogen-bond acceptors (Lipinski definition) is 5. The van der Waals surface area contributed by atoms with Gasteiger partial charge in [0.1, 0.15) is 12.7 Å². The molecule has 0 radical (unpaired) electrons. The molecular weight excluding hydrogens is 392 g/mol. The first kappa shape index (κ1) is 21.4. The van der Waals surface area contributed by atoms with Crippen LogP contribution in [0.1, 0.15) is 17.2 Å². The van der Waals surface area contributed by atoms with Gasteiger partial charge in [0.25, 0.3) is 0 Å². The van der Waals surface area contributed by atoms with E-state index >= 15 is 0 Å². The van der Waals surface area contributed by atoms with Gasteiger partial charge in [0.05, 0.1) is 19.8 Å². The van der Waals surface area contributed by atoms with E-state index in [1.165, 1.54) is 21.8 Å². The number of aliphatic hydroxyl groups excluding tert-OH is 1. The summed E-state index contributed by atoms with van der Waals surface area (Å²) in [6.07, 6.45) is 12.8. The van der Waals surface area contributed by atoms with Gasteiger partial charge in [-0.25, -0.2) is 0 Å². The van der Waals surface area contributed by atoms with E-state index in [0.29, 0.717) is 31.2 Å². The van der Waals surface area contributed by atoms with Gasteiger partial charge in [0, 0.05) is 36.4 Å². The normalized spacial score (nSPS) is 17.3. The van der Waals surface area contributed by atoms with Crippen molar-refractivity contribution in [3.05, 3.63) is 70.4 Å². The highest BCUT2D eigenvalue weighted by Gasteiger charge is 2.22. The van der Waals surface area contributed by atoms with Gasteiger partial charge < -0.3 is 29.2 Å². The summed E-state index contributed by atoms with van der Waals surface area (Å²) >= 11 is 0. The molecule has 0 fully saturated rings. The Labute approximate surface area is 182 Å². The Hall–Kier alpha value is -2.80. The monoisotopic (exact) mass is 422 g/mol. The Balaban J connectivity index is 1.24. The number of rotatable bonds is 10. The van der Waals surface area contributed by atoms with Crippen molar-refractivity contribution >= 4 is 12.2 Å². The molecule has 164 valence electrons. The van der Waals surface area contributed by atoms with Gasteiger partial charge in [0.15, 0.2) is 11.5 Å². The summed E-state index contributed by atoms with van der Waals surface area (Å²) in [5.74, 6) is 1.43. The average Bonchev–Trinajstić information content (AvgIpc) is 3.10. The fourth-order valence-electron chi connectivity index (χ4n) is 4.09. The van der Waals surface area contributed by atoms with Crippen molar-refractivity contribution in [1.29, 1.82) is 0 Å². The summed E-state index contributed by atoms with van der Waals surface area (Å²) < 4.78 is 19.3. The molecule has 1 aromatic carbocycles. The van der Waals surface area contributed by atoms with Crippen LogP contribution in [0.3, 0.4) is 0 Å². The number of allylic oxidation sites excluding steroid dienone is 3. The lowest BCUT2D eigenvalue weighted by Gasteiger charge is -2.20. The highest BCUT2D eigenvalue weighted by atomic mass is 16.5. The molecule has 6 heteroatoms. The van der Waals surface area contributed by atoms with Crippen molar-refractivity contribution in [1.82, 2.24) is 9.88 Å². The number of benzene rings is 1. The molecule has 0 spiro atoms. The molecule has 1 aromatic heterocycles. The largest absolute Gasteiger partial charge is 0.493 e. The predicted octanol–water partition coefficient (Wildman–Crippen LogP) is 1.36. The van der Waals surface area contributed by atoms with E-state index in [9.17, 15) is 5.11 Å². The molecule has 0 bridgehead atoms. The lowest BCUT2D eigenvalue weighted by molar-refractivity contribution is 0.00854. The number of ether oxygens (including phenoxy) is 3. The fourth-order valence-corrected chi connectivity index (χ4v) is 4.09. The number of fused-ring (bicyclic) bond motifs is 3. The van der Waals surface area contributed by atoms with Crippen LogP contribution < -0.4 is 25.5 Å². The minimum Gasteiger partial charge on any atom is -0.493 e. The molecule has 0 saturated heterocycles. The summed E-state index contributed by atoms with van der Waals surface area (Å²) in [7, 11) is 3.71. The van der Waals surface area contributed by atoms with Crippen LogP contribution >= 0.6 is 0 Å². The molecule has 2 aromatic rings. The Morgan fingerprint density at radius 2 is 1.97 bits per heavy atom. The first-order valence-corrected chi connectivity index (χ1v) is 10.7. The number of nitrogens with one attached hydrogen (secondary N) is 1. The Morgan fingerprint density at radius 1 is 1.16 bits per heavy atom. The molecule has 6 nitrogen and oxygen atoms in total. The summed E-state index contributed by atoms with van der Waals surface area (Å²) in [6.45, 7) is 1.80. The average molecular weight is 423 g/mol. The molecule has 4 rings (SSSR count). The van der Waals surface area contributed by atoms with Gasteiger partial charge >= 0.3 is 0 Å². The third-order valence-corrected chi connectivity index (χ3v) is 5.62. The molecule has 0 amide bonds. The molecule has 0 saturated carbocycles. The van der Waals surface area contributed by atoms with E-state index in [4.69, 9.17) is 14.2 Å². The Morgan fingerprint density at radius 3 is 2.81 bits per heavy atom. The zero-order chi connectivity index (χ0) is 21.6. The number of para-hydroxylation sites is 2. The molecule has 2 aliphatic rings. The van der Waals surface area contributed by atoms with Crippen molar-refractivity contribution < 1.29 is 19.3 Å². The number of hydrogen-bond donors (Lipinski definition) is 2. The molecule has 1 heterocycles. The third kappa shape index (κ3) is 4.77. The van der Waals surface area contributed by atoms with Crippen LogP contribution in [-0.2, 0) is 18.2 Å². The molecule has 2 N–H and O–H groups in total. The summed E-state index contributed by atoms with van der Waals surface area (Å²) in [4.78, 5) is 0. The van der Waals surface area contributed by atoms with Crippen LogP contribution in [0.2, 0.25) is 0 Å². The second-order valence-electron chi connectivity index (χ2n) is 7.68. The minimum absolute atomic E-state index is 0.140. The molecule has 31 heavy (non-hydrogen) atoms. The van der Waals surface area contributed by atoms with E-state index in [1.54, 1.807) is 7.11 Å². The minimum atomic E-state index is -0.597. The molecular formula is C25H30N2O4. The van der Waals surface area contributed by atoms with Crippen LogP contribution in [0.5, 0.6) is 11.5 Å². The van der Waals surface area contributed by atoms with E-state index in [-0.39, 0.29) is 12.7 Å². The standard InChI is InChI=1S/C25H30N2O4/c1-27-20-9-4-3-8-19(20)25-21(27)10-7-13-24(25)31-17-18(28)16-26-14-15-30-23-12-6-5-11-22(23)29-2/h3-7,9-13,18,24,26,28H,8,14-17H2,1-2H3. The first-order chi connectivity index (χ1) is 15.2. The van der Waals surface area contributed by atoms with Crippen molar-refractivity contribution in [3.8, 4) is 11.5 Å². The molecule has 2 unspecified atom stereocenters. The van der Waals surface area contributed by atoms with Crippen LogP contribution in [0.4, 0.5) is 0 Å². The summed E-state index contributed by atoms with van der Waals surface area (Å²) in [5, 5.41) is 16.0. The van der Waals surface area contributed by atoms with Crippen molar-refractivity contribution in [2.75, 3.05) is 33.4 Å². The second-order valence-corrected chi connectivity index (χ2v) is 7.68. The van der Waals surface area contributed by atoms with Gasteiger partial charge in [-0.2, -0.15) is 0 Å².